The average Bonchev–Trinajstić information content (AvgIpc) is 3.25. The Morgan fingerprint density at radius 2 is 1.58 bits per heavy atom. The molecule has 3 aromatic rings. The molecule has 128 valence electrons. The van der Waals surface area contributed by atoms with Gasteiger partial charge in [-0.15, -0.1) is 0 Å². The molecule has 4 rings (SSSR count). The van der Waals surface area contributed by atoms with Crippen molar-refractivity contribution in [3.05, 3.63) is 89.2 Å². The van der Waals surface area contributed by atoms with E-state index in [2.05, 4.69) is 5.10 Å². The molecular weight excluding hydrogens is 334 g/mol. The van der Waals surface area contributed by atoms with Gasteiger partial charge in [-0.25, -0.2) is 4.79 Å². The molecule has 0 spiro atoms. The largest absolute Gasteiger partial charge is 0.363 e. The molecule has 7 heteroatoms. The molecule has 7 nitrogen and oxygen atoms in total. The van der Waals surface area contributed by atoms with Crippen molar-refractivity contribution in [3.8, 4) is 0 Å². The van der Waals surface area contributed by atoms with Gasteiger partial charge in [-0.3, -0.25) is 14.3 Å². The Hall–Kier alpha value is -3.74. The maximum absolute atomic E-state index is 12.3. The predicted molar refractivity (Wildman–Crippen MR) is 90.1 cm³/mol. The topological polar surface area (TPSA) is 81.5 Å². The number of carbonyl (C=O) groups is 3. The number of aromatic nitrogens is 2. The Labute approximate surface area is 148 Å². The molecule has 0 radical (unpaired) electrons. The number of hydrogen-bond donors (Lipinski definition) is 0. The number of carbonyl (C=O) groups excluding carboxylic acids is 3. The fraction of sp³-hybridized carbons (Fsp3) is 0.0526. The Morgan fingerprint density at radius 1 is 0.923 bits per heavy atom. The second-order valence-electron chi connectivity index (χ2n) is 5.73. The number of hydrogen-bond acceptors (Lipinski definition) is 5. The van der Waals surface area contributed by atoms with Crippen molar-refractivity contribution >= 4 is 17.8 Å². The van der Waals surface area contributed by atoms with Gasteiger partial charge in [-0.2, -0.15) is 5.10 Å². The lowest BCUT2D eigenvalue weighted by atomic mass is 10.1. The summed E-state index contributed by atoms with van der Waals surface area (Å²) in [5, 5.41) is 4.62. The summed E-state index contributed by atoms with van der Waals surface area (Å²) in [6, 6.07) is 14.9. The highest BCUT2D eigenvalue weighted by Gasteiger charge is 2.38. The lowest BCUT2D eigenvalue weighted by Crippen LogP contribution is -2.32. The minimum absolute atomic E-state index is 0.222. The van der Waals surface area contributed by atoms with E-state index in [0.29, 0.717) is 11.6 Å². The van der Waals surface area contributed by atoms with E-state index in [0.717, 1.165) is 5.56 Å². The van der Waals surface area contributed by atoms with Gasteiger partial charge in [0.15, 0.2) is 0 Å². The summed E-state index contributed by atoms with van der Waals surface area (Å²) >= 11 is 0. The van der Waals surface area contributed by atoms with Crippen LogP contribution in [0.15, 0.2) is 67.0 Å². The summed E-state index contributed by atoms with van der Waals surface area (Å²) in [4.78, 5) is 41.8. The number of fused-ring (bicyclic) bond motifs is 1. The van der Waals surface area contributed by atoms with E-state index in [-0.39, 0.29) is 16.7 Å². The van der Waals surface area contributed by atoms with Gasteiger partial charge in [0, 0.05) is 12.4 Å². The molecule has 2 amide bonds. The smallest absolute Gasteiger partial charge is 0.324 e. The molecule has 0 atom stereocenters. The van der Waals surface area contributed by atoms with Crippen LogP contribution < -0.4 is 0 Å². The van der Waals surface area contributed by atoms with Gasteiger partial charge < -0.3 is 4.84 Å². The SMILES string of the molecule is O=C(ON1C(=O)c2ccccc2C1=O)c1ccc(Cn2cccn2)cc1. The number of imide groups is 1. The van der Waals surface area contributed by atoms with Gasteiger partial charge in [0.25, 0.3) is 11.8 Å². The first-order chi connectivity index (χ1) is 12.6. The molecule has 1 aliphatic rings. The van der Waals surface area contributed by atoms with Crippen LogP contribution in [-0.2, 0) is 11.4 Å². The first kappa shape index (κ1) is 15.8. The van der Waals surface area contributed by atoms with E-state index in [4.69, 9.17) is 4.84 Å². The molecular formula is C19H13N3O4. The molecule has 0 unspecified atom stereocenters. The minimum atomic E-state index is -0.773. The van der Waals surface area contributed by atoms with E-state index < -0.39 is 17.8 Å². The molecule has 0 saturated heterocycles. The third-order valence-corrected chi connectivity index (χ3v) is 4.02. The fourth-order valence-corrected chi connectivity index (χ4v) is 2.71. The Kier molecular flexibility index (Phi) is 3.81. The van der Waals surface area contributed by atoms with Crippen LogP contribution in [0.1, 0.15) is 36.6 Å². The second-order valence-corrected chi connectivity index (χ2v) is 5.73. The first-order valence-electron chi connectivity index (χ1n) is 7.90. The van der Waals surface area contributed by atoms with Gasteiger partial charge in [-0.05, 0) is 35.9 Å². The summed E-state index contributed by atoms with van der Waals surface area (Å²) < 4.78 is 1.76. The van der Waals surface area contributed by atoms with Gasteiger partial charge in [0.05, 0.1) is 23.2 Å². The lowest BCUT2D eigenvalue weighted by Gasteiger charge is -2.12. The molecule has 0 N–H and O–H groups in total. The average molecular weight is 347 g/mol. The van der Waals surface area contributed by atoms with E-state index in [1.54, 1.807) is 47.3 Å². The second kappa shape index (κ2) is 6.29. The van der Waals surface area contributed by atoms with Crippen LogP contribution in [0.4, 0.5) is 0 Å². The van der Waals surface area contributed by atoms with Crippen molar-refractivity contribution in [1.29, 1.82) is 0 Å². The summed E-state index contributed by atoms with van der Waals surface area (Å²) in [7, 11) is 0. The highest BCUT2D eigenvalue weighted by atomic mass is 16.7. The van der Waals surface area contributed by atoms with Gasteiger partial charge in [-0.1, -0.05) is 29.3 Å². The molecule has 1 aliphatic heterocycles. The van der Waals surface area contributed by atoms with Crippen molar-refractivity contribution in [2.45, 2.75) is 6.54 Å². The van der Waals surface area contributed by atoms with Crippen LogP contribution in [0.2, 0.25) is 0 Å². The molecule has 0 saturated carbocycles. The number of amides is 2. The number of hydroxylamine groups is 2. The first-order valence-corrected chi connectivity index (χ1v) is 7.90. The molecule has 0 bridgehead atoms. The van der Waals surface area contributed by atoms with Crippen molar-refractivity contribution < 1.29 is 19.2 Å². The van der Waals surface area contributed by atoms with Crippen molar-refractivity contribution in [2.24, 2.45) is 0 Å². The van der Waals surface area contributed by atoms with Crippen LogP contribution in [-0.4, -0.2) is 32.6 Å². The van der Waals surface area contributed by atoms with E-state index in [1.165, 1.54) is 12.1 Å². The number of nitrogens with zero attached hydrogens (tertiary/aromatic N) is 3. The fourth-order valence-electron chi connectivity index (χ4n) is 2.71. The highest BCUT2D eigenvalue weighted by Crippen LogP contribution is 2.23. The van der Waals surface area contributed by atoms with Crippen molar-refractivity contribution in [2.75, 3.05) is 0 Å². The summed E-state index contributed by atoms with van der Waals surface area (Å²) in [6.07, 6.45) is 3.53. The standard InChI is InChI=1S/C19H13N3O4/c23-17-15-4-1-2-5-16(15)18(24)22(17)26-19(25)14-8-6-13(7-9-14)12-21-11-3-10-20-21/h1-11H,12H2. The molecule has 2 heterocycles. The summed E-state index contributed by atoms with van der Waals surface area (Å²) in [5.74, 6) is -2.06. The Balaban J connectivity index is 1.47. The van der Waals surface area contributed by atoms with Crippen LogP contribution in [0.5, 0.6) is 0 Å². The minimum Gasteiger partial charge on any atom is -0.324 e. The molecule has 2 aromatic carbocycles. The van der Waals surface area contributed by atoms with E-state index in [1.807, 2.05) is 12.3 Å². The zero-order valence-corrected chi connectivity index (χ0v) is 13.5. The Morgan fingerprint density at radius 3 is 2.15 bits per heavy atom. The maximum atomic E-state index is 12.3. The third-order valence-electron chi connectivity index (χ3n) is 4.02. The van der Waals surface area contributed by atoms with E-state index >= 15 is 0 Å². The van der Waals surface area contributed by atoms with Gasteiger partial charge >= 0.3 is 5.97 Å². The van der Waals surface area contributed by atoms with Gasteiger partial charge in [0.2, 0.25) is 0 Å². The third kappa shape index (κ3) is 2.75. The van der Waals surface area contributed by atoms with Crippen LogP contribution in [0.25, 0.3) is 0 Å². The number of rotatable bonds is 4. The van der Waals surface area contributed by atoms with Crippen LogP contribution >= 0.6 is 0 Å². The van der Waals surface area contributed by atoms with Crippen LogP contribution in [0, 0.1) is 0 Å². The summed E-state index contributed by atoms with van der Waals surface area (Å²) in [5.41, 5.74) is 1.64. The predicted octanol–water partition coefficient (Wildman–Crippen LogP) is 2.30. The Bertz CT molecular complexity index is 959. The normalized spacial score (nSPS) is 13.0. The van der Waals surface area contributed by atoms with Crippen molar-refractivity contribution in [3.63, 3.8) is 0 Å². The zero-order chi connectivity index (χ0) is 18.1. The monoisotopic (exact) mass is 347 g/mol. The lowest BCUT2D eigenvalue weighted by molar-refractivity contribution is -0.0584. The quantitative estimate of drug-likeness (QED) is 0.677. The van der Waals surface area contributed by atoms with E-state index in [9.17, 15) is 14.4 Å². The van der Waals surface area contributed by atoms with Crippen LogP contribution in [0.3, 0.4) is 0 Å². The number of benzene rings is 2. The molecule has 1 aromatic heterocycles. The summed E-state index contributed by atoms with van der Waals surface area (Å²) in [6.45, 7) is 0.570. The van der Waals surface area contributed by atoms with Crippen molar-refractivity contribution in [1.82, 2.24) is 14.8 Å². The molecule has 26 heavy (non-hydrogen) atoms. The highest BCUT2D eigenvalue weighted by molar-refractivity contribution is 6.21. The molecule has 0 aliphatic carbocycles. The van der Waals surface area contributed by atoms with Gasteiger partial charge in [0.1, 0.15) is 0 Å². The zero-order valence-electron chi connectivity index (χ0n) is 13.5. The molecule has 0 fully saturated rings. The maximum Gasteiger partial charge on any atom is 0.363 e.